The van der Waals surface area contributed by atoms with Gasteiger partial charge in [-0.3, -0.25) is 24.3 Å². The standard InChI is InChI=1S/C33H45Cl2N5O2/c34-31-16-30(17-32(35)18-31)29-14-25(20-38-7-1-24(2-8-38)19-37-23-41)13-26(15-29)21-39-9-3-27(4-10-39)28-5-11-40(12-6-28)22-33(36)42/h13-18,23-24,27-28H,1-12,19-22H2,(H2,36,42)(H,37,41). The van der Waals surface area contributed by atoms with E-state index in [1.54, 1.807) is 6.07 Å². The number of nitrogens with two attached hydrogens (primary N) is 1. The van der Waals surface area contributed by atoms with Crippen LogP contribution in [-0.2, 0) is 22.7 Å². The van der Waals surface area contributed by atoms with Gasteiger partial charge >= 0.3 is 0 Å². The lowest BCUT2D eigenvalue weighted by atomic mass is 9.78. The first-order chi connectivity index (χ1) is 20.3. The minimum atomic E-state index is -0.222. The molecule has 2 aromatic carbocycles. The van der Waals surface area contributed by atoms with Crippen LogP contribution in [0.2, 0.25) is 10.0 Å². The lowest BCUT2D eigenvalue weighted by Gasteiger charge is -2.40. The molecule has 5 rings (SSSR count). The number of carbonyl (C=O) groups is 2. The van der Waals surface area contributed by atoms with E-state index < -0.39 is 0 Å². The van der Waals surface area contributed by atoms with E-state index in [4.69, 9.17) is 28.9 Å². The third kappa shape index (κ3) is 8.93. The second-order valence-corrected chi connectivity index (χ2v) is 13.5. The summed E-state index contributed by atoms with van der Waals surface area (Å²) in [6.07, 6.45) is 7.86. The molecule has 0 aromatic heterocycles. The highest BCUT2D eigenvalue weighted by Gasteiger charge is 2.30. The minimum absolute atomic E-state index is 0.222. The Morgan fingerprint density at radius 1 is 0.738 bits per heavy atom. The molecule has 228 valence electrons. The Morgan fingerprint density at radius 3 is 1.71 bits per heavy atom. The average Bonchev–Trinajstić information content (AvgIpc) is 2.97. The van der Waals surface area contributed by atoms with Crippen LogP contribution in [0.25, 0.3) is 11.1 Å². The molecule has 3 fully saturated rings. The van der Waals surface area contributed by atoms with Crippen LogP contribution < -0.4 is 11.1 Å². The number of benzene rings is 2. The number of halogens is 2. The van der Waals surface area contributed by atoms with Crippen LogP contribution in [-0.4, -0.2) is 79.4 Å². The molecule has 0 radical (unpaired) electrons. The fraction of sp³-hybridized carbons (Fsp3) is 0.576. The normalized spacial score (nSPS) is 20.5. The number of hydrogen-bond donors (Lipinski definition) is 2. The molecule has 2 aromatic rings. The summed E-state index contributed by atoms with van der Waals surface area (Å²) in [6.45, 7) is 9.34. The van der Waals surface area contributed by atoms with Crippen LogP contribution in [0.4, 0.5) is 0 Å². The largest absolute Gasteiger partial charge is 0.369 e. The van der Waals surface area contributed by atoms with Crippen LogP contribution in [0.1, 0.15) is 49.7 Å². The molecule has 9 heteroatoms. The molecule has 0 unspecified atom stereocenters. The molecule has 0 saturated carbocycles. The van der Waals surface area contributed by atoms with Gasteiger partial charge in [0.05, 0.1) is 6.54 Å². The molecular formula is C33H45Cl2N5O2. The Labute approximate surface area is 260 Å². The number of nitrogens with one attached hydrogen (secondary N) is 1. The number of piperidine rings is 3. The molecule has 42 heavy (non-hydrogen) atoms. The molecular weight excluding hydrogens is 569 g/mol. The highest BCUT2D eigenvalue weighted by atomic mass is 35.5. The van der Waals surface area contributed by atoms with E-state index in [0.717, 1.165) is 101 Å². The summed E-state index contributed by atoms with van der Waals surface area (Å²) in [7, 11) is 0. The molecule has 0 spiro atoms. The van der Waals surface area contributed by atoms with Gasteiger partial charge in [0.2, 0.25) is 12.3 Å². The van der Waals surface area contributed by atoms with Gasteiger partial charge in [-0.2, -0.15) is 0 Å². The Balaban J connectivity index is 1.22. The van der Waals surface area contributed by atoms with Gasteiger partial charge in [-0.1, -0.05) is 29.3 Å². The maximum atomic E-state index is 11.3. The molecule has 7 nitrogen and oxygen atoms in total. The molecule has 2 amide bonds. The number of amides is 2. The maximum absolute atomic E-state index is 11.3. The third-order valence-corrected chi connectivity index (χ3v) is 10.0. The van der Waals surface area contributed by atoms with Crippen LogP contribution in [0, 0.1) is 17.8 Å². The van der Waals surface area contributed by atoms with Crippen molar-refractivity contribution in [2.75, 3.05) is 52.4 Å². The lowest BCUT2D eigenvalue weighted by Crippen LogP contribution is -2.43. The Hall–Kier alpha value is -2.16. The summed E-state index contributed by atoms with van der Waals surface area (Å²) in [5.74, 6) is 1.88. The van der Waals surface area contributed by atoms with Crippen molar-refractivity contribution in [3.8, 4) is 11.1 Å². The molecule has 3 aliphatic rings. The summed E-state index contributed by atoms with van der Waals surface area (Å²) in [6, 6.07) is 12.8. The number of nitrogens with zero attached hydrogens (tertiary/aromatic N) is 3. The first-order valence-corrected chi connectivity index (χ1v) is 16.3. The van der Waals surface area contributed by atoms with Crippen molar-refractivity contribution >= 4 is 35.5 Å². The number of carbonyl (C=O) groups excluding carboxylic acids is 2. The van der Waals surface area contributed by atoms with E-state index in [-0.39, 0.29) is 5.91 Å². The first kappa shape index (κ1) is 31.3. The summed E-state index contributed by atoms with van der Waals surface area (Å²) in [4.78, 5) is 29.3. The fourth-order valence-electron chi connectivity index (χ4n) is 7.30. The Kier molecular flexibility index (Phi) is 11.2. The van der Waals surface area contributed by atoms with Gasteiger partial charge in [0.15, 0.2) is 0 Å². The van der Waals surface area contributed by atoms with Crippen molar-refractivity contribution in [1.82, 2.24) is 20.0 Å². The van der Waals surface area contributed by atoms with E-state index in [1.807, 2.05) is 12.1 Å². The van der Waals surface area contributed by atoms with Crippen molar-refractivity contribution in [2.45, 2.75) is 51.6 Å². The van der Waals surface area contributed by atoms with E-state index in [9.17, 15) is 9.59 Å². The van der Waals surface area contributed by atoms with Gasteiger partial charge in [-0.05, 0) is 148 Å². The van der Waals surface area contributed by atoms with Crippen LogP contribution in [0.5, 0.6) is 0 Å². The molecule has 3 saturated heterocycles. The van der Waals surface area contributed by atoms with Gasteiger partial charge in [0.1, 0.15) is 0 Å². The van der Waals surface area contributed by atoms with Gasteiger partial charge in [-0.25, -0.2) is 0 Å². The summed E-state index contributed by atoms with van der Waals surface area (Å²) >= 11 is 12.8. The van der Waals surface area contributed by atoms with Crippen LogP contribution in [0.3, 0.4) is 0 Å². The van der Waals surface area contributed by atoms with E-state index in [0.29, 0.717) is 22.5 Å². The zero-order valence-electron chi connectivity index (χ0n) is 24.6. The van der Waals surface area contributed by atoms with Gasteiger partial charge in [0, 0.05) is 29.7 Å². The second kappa shape index (κ2) is 15.0. The predicted molar refractivity (Wildman–Crippen MR) is 170 cm³/mol. The first-order valence-electron chi connectivity index (χ1n) is 15.6. The van der Waals surface area contributed by atoms with Crippen molar-refractivity contribution in [2.24, 2.45) is 23.5 Å². The monoisotopic (exact) mass is 613 g/mol. The molecule has 3 aliphatic heterocycles. The smallest absolute Gasteiger partial charge is 0.231 e. The highest BCUT2D eigenvalue weighted by molar-refractivity contribution is 6.35. The zero-order chi connectivity index (χ0) is 29.5. The highest BCUT2D eigenvalue weighted by Crippen LogP contribution is 2.34. The van der Waals surface area contributed by atoms with E-state index in [1.165, 1.54) is 36.8 Å². The quantitative estimate of drug-likeness (QED) is 0.348. The average molecular weight is 615 g/mol. The molecule has 3 N–H and O–H groups in total. The van der Waals surface area contributed by atoms with E-state index >= 15 is 0 Å². The Bertz CT molecular complexity index is 1180. The summed E-state index contributed by atoms with van der Waals surface area (Å²) in [5.41, 5.74) is 10.3. The van der Waals surface area contributed by atoms with E-state index in [2.05, 4.69) is 38.2 Å². The summed E-state index contributed by atoms with van der Waals surface area (Å²) < 4.78 is 0. The molecule has 0 aliphatic carbocycles. The second-order valence-electron chi connectivity index (χ2n) is 12.6. The lowest BCUT2D eigenvalue weighted by molar-refractivity contribution is -0.119. The number of hydrogen-bond acceptors (Lipinski definition) is 5. The van der Waals surface area contributed by atoms with Crippen molar-refractivity contribution in [3.05, 3.63) is 57.6 Å². The fourth-order valence-corrected chi connectivity index (χ4v) is 7.82. The van der Waals surface area contributed by atoms with Crippen molar-refractivity contribution < 1.29 is 9.59 Å². The zero-order valence-corrected chi connectivity index (χ0v) is 26.1. The molecule has 0 bridgehead atoms. The van der Waals surface area contributed by atoms with Gasteiger partial charge < -0.3 is 11.1 Å². The predicted octanol–water partition coefficient (Wildman–Crippen LogP) is 5.03. The van der Waals surface area contributed by atoms with Gasteiger partial charge in [-0.15, -0.1) is 0 Å². The van der Waals surface area contributed by atoms with Gasteiger partial charge in [0.25, 0.3) is 0 Å². The summed E-state index contributed by atoms with van der Waals surface area (Å²) in [5, 5.41) is 4.15. The maximum Gasteiger partial charge on any atom is 0.231 e. The third-order valence-electron chi connectivity index (χ3n) is 9.57. The topological polar surface area (TPSA) is 81.9 Å². The Morgan fingerprint density at radius 2 is 1.21 bits per heavy atom. The van der Waals surface area contributed by atoms with Crippen molar-refractivity contribution in [3.63, 3.8) is 0 Å². The molecule has 3 heterocycles. The van der Waals surface area contributed by atoms with Crippen LogP contribution in [0.15, 0.2) is 36.4 Å². The molecule has 0 atom stereocenters. The SMILES string of the molecule is NC(=O)CN1CCC(C2CCN(Cc3cc(CN4CCC(CNC=O)CC4)cc(-c4cc(Cl)cc(Cl)c4)c3)CC2)CC1. The number of likely N-dealkylation sites (tertiary alicyclic amines) is 3. The number of rotatable bonds is 11. The number of primary amides is 1. The minimum Gasteiger partial charge on any atom is -0.369 e. The van der Waals surface area contributed by atoms with Crippen LogP contribution >= 0.6 is 23.2 Å². The van der Waals surface area contributed by atoms with Crippen molar-refractivity contribution in [1.29, 1.82) is 0 Å².